The van der Waals surface area contributed by atoms with Crippen LogP contribution >= 0.6 is 0 Å². The maximum Gasteiger partial charge on any atom is 0.106 e. The lowest BCUT2D eigenvalue weighted by Crippen LogP contribution is -2.41. The first-order valence-corrected chi connectivity index (χ1v) is 6.68. The molecule has 1 heterocycles. The van der Waals surface area contributed by atoms with Gasteiger partial charge in [-0.2, -0.15) is 5.26 Å². The van der Waals surface area contributed by atoms with Gasteiger partial charge in [0.25, 0.3) is 0 Å². The molecule has 4 heteroatoms. The summed E-state index contributed by atoms with van der Waals surface area (Å²) in [4.78, 5) is 4.55. The molecule has 2 rings (SSSR count). The molecule has 0 saturated heterocycles. The number of para-hydroxylation sites is 2. The van der Waals surface area contributed by atoms with E-state index in [-0.39, 0.29) is 0 Å². The van der Waals surface area contributed by atoms with E-state index in [0.717, 1.165) is 36.4 Å². The van der Waals surface area contributed by atoms with Crippen molar-refractivity contribution in [3.8, 4) is 6.07 Å². The molecule has 1 atom stereocenters. The van der Waals surface area contributed by atoms with E-state index in [9.17, 15) is 5.26 Å². The number of benzene rings is 1. The van der Waals surface area contributed by atoms with Gasteiger partial charge in [0.15, 0.2) is 0 Å². The zero-order valence-electron chi connectivity index (χ0n) is 11.8. The highest BCUT2D eigenvalue weighted by molar-refractivity contribution is 5.75. The minimum Gasteiger partial charge on any atom is -0.328 e. The summed E-state index contributed by atoms with van der Waals surface area (Å²) in [6.45, 7) is 7.58. The normalized spacial score (nSPS) is 14.2. The Labute approximate surface area is 114 Å². The molecule has 0 aliphatic rings. The van der Waals surface area contributed by atoms with Crippen molar-refractivity contribution in [3.05, 3.63) is 30.1 Å². The molecule has 0 saturated carbocycles. The summed E-state index contributed by atoms with van der Waals surface area (Å²) >= 11 is 0. The molecule has 1 N–H and O–H groups in total. The summed E-state index contributed by atoms with van der Waals surface area (Å²) < 4.78 is 2.18. The van der Waals surface area contributed by atoms with Gasteiger partial charge in [-0.05, 0) is 38.9 Å². The second-order valence-corrected chi connectivity index (χ2v) is 5.02. The number of hydrogen-bond acceptors (Lipinski definition) is 3. The molecule has 0 bridgehead atoms. The third kappa shape index (κ3) is 2.77. The predicted molar refractivity (Wildman–Crippen MR) is 76.8 cm³/mol. The second kappa shape index (κ2) is 5.41. The lowest BCUT2D eigenvalue weighted by molar-refractivity contribution is 0.402. The average Bonchev–Trinajstić information content (AvgIpc) is 2.72. The number of aromatic nitrogens is 2. The lowest BCUT2D eigenvalue weighted by atomic mass is 10.00. The van der Waals surface area contributed by atoms with Crippen LogP contribution in [-0.2, 0) is 6.54 Å². The number of nitrogens with one attached hydrogen (secondary N) is 1. The van der Waals surface area contributed by atoms with Gasteiger partial charge in [0.05, 0.1) is 17.1 Å². The van der Waals surface area contributed by atoms with Crippen LogP contribution in [0, 0.1) is 18.3 Å². The van der Waals surface area contributed by atoms with Crippen LogP contribution in [0.15, 0.2) is 24.3 Å². The summed E-state index contributed by atoms with van der Waals surface area (Å²) in [5, 5.41) is 12.5. The van der Waals surface area contributed by atoms with Crippen molar-refractivity contribution in [1.29, 1.82) is 5.26 Å². The SMILES string of the molecule is CCNC(C)(C#N)CCn1c(C)nc2ccccc21. The first kappa shape index (κ1) is 13.6. The molecule has 1 aromatic heterocycles. The Hall–Kier alpha value is -1.86. The first-order valence-electron chi connectivity index (χ1n) is 6.68. The molecular formula is C15H20N4. The smallest absolute Gasteiger partial charge is 0.106 e. The maximum atomic E-state index is 9.29. The Balaban J connectivity index is 2.22. The summed E-state index contributed by atoms with van der Waals surface area (Å²) in [5.74, 6) is 0.998. The van der Waals surface area contributed by atoms with E-state index < -0.39 is 5.54 Å². The topological polar surface area (TPSA) is 53.6 Å². The second-order valence-electron chi connectivity index (χ2n) is 5.02. The van der Waals surface area contributed by atoms with Crippen molar-refractivity contribution in [3.63, 3.8) is 0 Å². The van der Waals surface area contributed by atoms with Crippen LogP contribution in [0.3, 0.4) is 0 Å². The van der Waals surface area contributed by atoms with Crippen LogP contribution in [0.5, 0.6) is 0 Å². The van der Waals surface area contributed by atoms with Crippen LogP contribution in [0.1, 0.15) is 26.1 Å². The highest BCUT2D eigenvalue weighted by Gasteiger charge is 2.22. The quantitative estimate of drug-likeness (QED) is 0.894. The van der Waals surface area contributed by atoms with E-state index in [4.69, 9.17) is 0 Å². The zero-order chi connectivity index (χ0) is 13.9. The summed E-state index contributed by atoms with van der Waals surface area (Å²) in [6, 6.07) is 10.5. The molecule has 0 aliphatic heterocycles. The van der Waals surface area contributed by atoms with Gasteiger partial charge in [-0.15, -0.1) is 0 Å². The summed E-state index contributed by atoms with van der Waals surface area (Å²) in [6.07, 6.45) is 0.762. The number of fused-ring (bicyclic) bond motifs is 1. The van der Waals surface area contributed by atoms with Crippen molar-refractivity contribution < 1.29 is 0 Å². The molecule has 0 fully saturated rings. The highest BCUT2D eigenvalue weighted by Crippen LogP contribution is 2.18. The molecule has 0 aliphatic carbocycles. The van der Waals surface area contributed by atoms with E-state index in [1.54, 1.807) is 0 Å². The van der Waals surface area contributed by atoms with E-state index in [0.29, 0.717) is 0 Å². The largest absolute Gasteiger partial charge is 0.328 e. The van der Waals surface area contributed by atoms with Gasteiger partial charge in [-0.3, -0.25) is 5.32 Å². The minimum absolute atomic E-state index is 0.480. The Bertz CT molecular complexity index is 608. The summed E-state index contributed by atoms with van der Waals surface area (Å²) in [7, 11) is 0. The molecule has 2 aromatic rings. The Morgan fingerprint density at radius 3 is 2.84 bits per heavy atom. The van der Waals surface area contributed by atoms with Crippen LogP contribution in [0.4, 0.5) is 0 Å². The van der Waals surface area contributed by atoms with E-state index in [1.807, 2.05) is 39.0 Å². The molecule has 1 aromatic carbocycles. The number of imidazole rings is 1. The molecule has 19 heavy (non-hydrogen) atoms. The third-order valence-corrected chi connectivity index (χ3v) is 3.49. The van der Waals surface area contributed by atoms with Crippen molar-refractivity contribution in [2.24, 2.45) is 0 Å². The fourth-order valence-corrected chi connectivity index (χ4v) is 2.39. The van der Waals surface area contributed by atoms with Crippen molar-refractivity contribution >= 4 is 11.0 Å². The summed E-state index contributed by atoms with van der Waals surface area (Å²) in [5.41, 5.74) is 1.67. The predicted octanol–water partition coefficient (Wildman–Crippen LogP) is 2.63. The number of rotatable bonds is 5. The van der Waals surface area contributed by atoms with Gasteiger partial charge >= 0.3 is 0 Å². The average molecular weight is 256 g/mol. The van der Waals surface area contributed by atoms with Crippen molar-refractivity contribution in [2.45, 2.75) is 39.3 Å². The molecular weight excluding hydrogens is 236 g/mol. The van der Waals surface area contributed by atoms with E-state index in [1.165, 1.54) is 0 Å². The fraction of sp³-hybridized carbons (Fsp3) is 0.467. The van der Waals surface area contributed by atoms with Crippen LogP contribution < -0.4 is 5.32 Å². The van der Waals surface area contributed by atoms with Gasteiger partial charge in [0, 0.05) is 6.54 Å². The van der Waals surface area contributed by atoms with Crippen LogP contribution in [-0.4, -0.2) is 21.6 Å². The van der Waals surface area contributed by atoms with Gasteiger partial charge in [0.1, 0.15) is 11.4 Å². The zero-order valence-corrected chi connectivity index (χ0v) is 11.8. The molecule has 4 nitrogen and oxygen atoms in total. The van der Waals surface area contributed by atoms with Crippen molar-refractivity contribution in [1.82, 2.24) is 14.9 Å². The standard InChI is InChI=1S/C15H20N4/c1-4-17-15(3,11-16)9-10-19-12(2)18-13-7-5-6-8-14(13)19/h5-8,17H,4,9-10H2,1-3H3. The molecule has 100 valence electrons. The maximum absolute atomic E-state index is 9.29. The van der Waals surface area contributed by atoms with Gasteiger partial charge < -0.3 is 4.57 Å². The lowest BCUT2D eigenvalue weighted by Gasteiger charge is -2.23. The van der Waals surface area contributed by atoms with Crippen LogP contribution in [0.25, 0.3) is 11.0 Å². The van der Waals surface area contributed by atoms with Crippen LogP contribution in [0.2, 0.25) is 0 Å². The Morgan fingerprint density at radius 2 is 2.16 bits per heavy atom. The van der Waals surface area contributed by atoms with E-state index in [2.05, 4.69) is 27.0 Å². The monoisotopic (exact) mass is 256 g/mol. The number of hydrogen-bond donors (Lipinski definition) is 1. The highest BCUT2D eigenvalue weighted by atomic mass is 15.1. The number of nitrogens with zero attached hydrogens (tertiary/aromatic N) is 3. The van der Waals surface area contributed by atoms with Gasteiger partial charge in [0.2, 0.25) is 0 Å². The van der Waals surface area contributed by atoms with Gasteiger partial charge in [-0.25, -0.2) is 4.98 Å². The van der Waals surface area contributed by atoms with Gasteiger partial charge in [-0.1, -0.05) is 19.1 Å². The minimum atomic E-state index is -0.480. The Morgan fingerprint density at radius 1 is 1.42 bits per heavy atom. The number of aryl methyl sites for hydroxylation is 2. The molecule has 1 unspecified atom stereocenters. The van der Waals surface area contributed by atoms with E-state index >= 15 is 0 Å². The molecule has 0 amide bonds. The Kier molecular flexibility index (Phi) is 3.87. The first-order chi connectivity index (χ1) is 9.09. The van der Waals surface area contributed by atoms with Crippen molar-refractivity contribution in [2.75, 3.05) is 6.54 Å². The molecule has 0 radical (unpaired) electrons. The number of nitriles is 1. The fourth-order valence-electron chi connectivity index (χ4n) is 2.39. The molecule has 0 spiro atoms. The third-order valence-electron chi connectivity index (χ3n) is 3.49.